The molecule has 3 heteroatoms. The van der Waals surface area contributed by atoms with E-state index in [-0.39, 0.29) is 11.5 Å². The summed E-state index contributed by atoms with van der Waals surface area (Å²) in [4.78, 5) is 1.46. The van der Waals surface area contributed by atoms with E-state index in [9.17, 15) is 10.2 Å². The van der Waals surface area contributed by atoms with Crippen molar-refractivity contribution >= 4 is 21.4 Å². The maximum Gasteiger partial charge on any atom is 0.117 e. The molecule has 1 aromatic carbocycles. The molecule has 0 spiro atoms. The van der Waals surface area contributed by atoms with Crippen molar-refractivity contribution in [1.82, 2.24) is 0 Å². The lowest BCUT2D eigenvalue weighted by Gasteiger charge is -2.38. The summed E-state index contributed by atoms with van der Waals surface area (Å²) in [6.07, 6.45) is 4.02. The number of phenols is 1. The van der Waals surface area contributed by atoms with Crippen LogP contribution in [0.15, 0.2) is 18.2 Å². The highest BCUT2D eigenvalue weighted by Crippen LogP contribution is 2.58. The second-order valence-corrected chi connectivity index (χ2v) is 7.36. The zero-order valence-corrected chi connectivity index (χ0v) is 11.8. The number of aliphatic hydroxyl groups excluding tert-OH is 1. The molecule has 2 nitrogen and oxygen atoms in total. The number of phenolic OH excluding ortho intramolecular Hbond substituents is 1. The van der Waals surface area contributed by atoms with Gasteiger partial charge in [0.05, 0.1) is 6.10 Å². The highest BCUT2D eigenvalue weighted by atomic mass is 32.1. The Morgan fingerprint density at radius 1 is 1.32 bits per heavy atom. The van der Waals surface area contributed by atoms with Gasteiger partial charge in [0, 0.05) is 20.9 Å². The van der Waals surface area contributed by atoms with E-state index in [2.05, 4.69) is 6.92 Å². The predicted octanol–water partition coefficient (Wildman–Crippen LogP) is 3.80. The Kier molecular flexibility index (Phi) is 2.31. The second-order valence-electron chi connectivity index (χ2n) is 6.28. The van der Waals surface area contributed by atoms with E-state index >= 15 is 0 Å². The van der Waals surface area contributed by atoms with Gasteiger partial charge in [-0.3, -0.25) is 0 Å². The zero-order valence-electron chi connectivity index (χ0n) is 11.0. The first-order valence-corrected chi connectivity index (χ1v) is 7.83. The number of fused-ring (bicyclic) bond motifs is 5. The zero-order chi connectivity index (χ0) is 13.2. The monoisotopic (exact) mass is 274 g/mol. The molecule has 0 unspecified atom stereocenters. The minimum absolute atomic E-state index is 0.0654. The van der Waals surface area contributed by atoms with Crippen LogP contribution in [0.3, 0.4) is 0 Å². The fraction of sp³-hybridized carbons (Fsp3) is 0.500. The van der Waals surface area contributed by atoms with Crippen LogP contribution in [-0.4, -0.2) is 16.3 Å². The van der Waals surface area contributed by atoms with Gasteiger partial charge < -0.3 is 10.2 Å². The normalized spacial score (nSPS) is 33.4. The Morgan fingerprint density at radius 2 is 2.16 bits per heavy atom. The largest absolute Gasteiger partial charge is 0.508 e. The van der Waals surface area contributed by atoms with E-state index in [0.717, 1.165) is 25.7 Å². The molecule has 4 rings (SSSR count). The van der Waals surface area contributed by atoms with Crippen molar-refractivity contribution in [2.75, 3.05) is 0 Å². The van der Waals surface area contributed by atoms with E-state index in [0.29, 0.717) is 11.7 Å². The molecule has 0 bridgehead atoms. The molecule has 2 aliphatic carbocycles. The van der Waals surface area contributed by atoms with E-state index in [1.165, 1.54) is 20.5 Å². The molecule has 1 fully saturated rings. The molecule has 3 atom stereocenters. The van der Waals surface area contributed by atoms with Crippen molar-refractivity contribution in [3.63, 3.8) is 0 Å². The lowest BCUT2D eigenvalue weighted by molar-refractivity contribution is 0.0467. The van der Waals surface area contributed by atoms with Crippen molar-refractivity contribution in [1.29, 1.82) is 0 Å². The maximum atomic E-state index is 10.3. The molecule has 0 amide bonds. The number of aromatic hydroxyl groups is 1. The highest BCUT2D eigenvalue weighted by molar-refractivity contribution is 7.19. The molecule has 0 aliphatic heterocycles. The topological polar surface area (TPSA) is 40.5 Å². The van der Waals surface area contributed by atoms with Gasteiger partial charge in [-0.15, -0.1) is 11.3 Å². The summed E-state index contributed by atoms with van der Waals surface area (Å²) in [5, 5.41) is 21.2. The van der Waals surface area contributed by atoms with E-state index in [1.54, 1.807) is 6.07 Å². The van der Waals surface area contributed by atoms with Gasteiger partial charge in [-0.1, -0.05) is 6.92 Å². The third-order valence-corrected chi connectivity index (χ3v) is 6.63. The van der Waals surface area contributed by atoms with Crippen molar-refractivity contribution in [2.24, 2.45) is 5.41 Å². The number of rotatable bonds is 0. The second kappa shape index (κ2) is 3.74. The molecular weight excluding hydrogens is 256 g/mol. The maximum absolute atomic E-state index is 10.3. The van der Waals surface area contributed by atoms with Gasteiger partial charge in [0.2, 0.25) is 0 Å². The third kappa shape index (κ3) is 1.46. The van der Waals surface area contributed by atoms with Crippen LogP contribution >= 0.6 is 11.3 Å². The van der Waals surface area contributed by atoms with Crippen LogP contribution in [0.5, 0.6) is 5.75 Å². The first kappa shape index (κ1) is 11.7. The average Bonchev–Trinajstić information content (AvgIpc) is 2.87. The van der Waals surface area contributed by atoms with E-state index in [1.807, 2.05) is 23.5 Å². The van der Waals surface area contributed by atoms with E-state index < -0.39 is 0 Å². The van der Waals surface area contributed by atoms with Crippen LogP contribution in [0.25, 0.3) is 10.1 Å². The molecule has 0 radical (unpaired) electrons. The summed E-state index contributed by atoms with van der Waals surface area (Å²) in [5.41, 5.74) is 1.53. The highest BCUT2D eigenvalue weighted by Gasteiger charge is 2.49. The number of thiophene rings is 1. The predicted molar refractivity (Wildman–Crippen MR) is 77.9 cm³/mol. The molecule has 2 N–H and O–H groups in total. The van der Waals surface area contributed by atoms with Gasteiger partial charge in [-0.25, -0.2) is 0 Å². The summed E-state index contributed by atoms with van der Waals surface area (Å²) >= 11 is 1.82. The standard InChI is InChI=1S/C16H18O2S/c1-16-7-6-11-10-3-2-9(17)8-13(10)19-15(11)12(16)4-5-14(16)18/h2-3,8,12,14,17-18H,4-7H2,1H3/t12-,14+,16-/m1/s1. The molecule has 2 aliphatic rings. The molecule has 1 heterocycles. The number of hydrogen-bond donors (Lipinski definition) is 2. The number of aliphatic hydroxyl groups is 1. The summed E-state index contributed by atoms with van der Waals surface area (Å²) in [5.74, 6) is 0.853. The lowest BCUT2D eigenvalue weighted by Crippen LogP contribution is -2.34. The SMILES string of the molecule is C[C@@]12CCc3c(sc4cc(O)ccc34)[C@H]1CC[C@@H]2O. The molecule has 1 aromatic heterocycles. The van der Waals surface area contributed by atoms with Gasteiger partial charge in [0.25, 0.3) is 0 Å². The van der Waals surface area contributed by atoms with Crippen molar-refractivity contribution in [2.45, 2.75) is 44.6 Å². The fourth-order valence-corrected chi connectivity index (χ4v) is 5.66. The van der Waals surface area contributed by atoms with Gasteiger partial charge in [-0.2, -0.15) is 0 Å². The first-order valence-electron chi connectivity index (χ1n) is 7.02. The Hall–Kier alpha value is -1.06. The Bertz CT molecular complexity index is 660. The van der Waals surface area contributed by atoms with Gasteiger partial charge >= 0.3 is 0 Å². The van der Waals surface area contributed by atoms with Crippen LogP contribution < -0.4 is 0 Å². The van der Waals surface area contributed by atoms with Crippen LogP contribution in [0.4, 0.5) is 0 Å². The Balaban J connectivity index is 1.93. The molecule has 100 valence electrons. The van der Waals surface area contributed by atoms with Crippen LogP contribution in [0, 0.1) is 5.41 Å². The number of benzene rings is 1. The average molecular weight is 274 g/mol. The van der Waals surface area contributed by atoms with Gasteiger partial charge in [-0.05, 0) is 54.8 Å². The van der Waals surface area contributed by atoms with Crippen LogP contribution in [0.2, 0.25) is 0 Å². The Morgan fingerprint density at radius 3 is 3.00 bits per heavy atom. The Labute approximate surface area is 116 Å². The third-order valence-electron chi connectivity index (χ3n) is 5.32. The molecule has 1 saturated carbocycles. The van der Waals surface area contributed by atoms with Gasteiger partial charge in [0.15, 0.2) is 0 Å². The molecule has 0 saturated heterocycles. The van der Waals surface area contributed by atoms with Gasteiger partial charge in [0.1, 0.15) is 5.75 Å². The van der Waals surface area contributed by atoms with Crippen LogP contribution in [-0.2, 0) is 6.42 Å². The van der Waals surface area contributed by atoms with Crippen LogP contribution in [0.1, 0.15) is 42.5 Å². The number of hydrogen-bond acceptors (Lipinski definition) is 3. The quantitative estimate of drug-likeness (QED) is 0.767. The molecule has 2 aromatic rings. The molecule has 19 heavy (non-hydrogen) atoms. The van der Waals surface area contributed by atoms with E-state index in [4.69, 9.17) is 0 Å². The first-order chi connectivity index (χ1) is 9.09. The summed E-state index contributed by atoms with van der Waals surface area (Å²) in [7, 11) is 0. The summed E-state index contributed by atoms with van der Waals surface area (Å²) in [6, 6.07) is 5.71. The van der Waals surface area contributed by atoms with Crippen molar-refractivity contribution < 1.29 is 10.2 Å². The minimum Gasteiger partial charge on any atom is -0.508 e. The fourth-order valence-electron chi connectivity index (χ4n) is 4.08. The smallest absolute Gasteiger partial charge is 0.117 e. The summed E-state index contributed by atoms with van der Waals surface area (Å²) < 4.78 is 1.19. The summed E-state index contributed by atoms with van der Waals surface area (Å²) in [6.45, 7) is 2.25. The minimum atomic E-state index is -0.149. The lowest BCUT2D eigenvalue weighted by atomic mass is 9.69. The molecular formula is C16H18O2S. The van der Waals surface area contributed by atoms with Crippen molar-refractivity contribution in [3.8, 4) is 5.75 Å². The number of aryl methyl sites for hydroxylation is 1. The van der Waals surface area contributed by atoms with Crippen molar-refractivity contribution in [3.05, 3.63) is 28.6 Å².